The Bertz CT molecular complexity index is 1060. The van der Waals surface area contributed by atoms with Crippen molar-refractivity contribution in [2.45, 2.75) is 38.3 Å². The molecule has 4 aromatic rings. The van der Waals surface area contributed by atoms with Crippen molar-refractivity contribution in [3.63, 3.8) is 0 Å². The van der Waals surface area contributed by atoms with Crippen molar-refractivity contribution in [3.8, 4) is 0 Å². The molecule has 0 aromatic heterocycles. The standard InChI is InChI=1S/C30H36Si3/c1-31(2,33(4,29-21-13-7-14-22-29)30-23-15-8-16-24-30)25-26-32(3,27-17-9-5-10-18-27)28-19-11-6-12-20-28/h5-24H,25-26H2,1-4H3. The molecule has 33 heavy (non-hydrogen) atoms. The minimum absolute atomic E-state index is 1.31. The molecular weight excluding hydrogens is 445 g/mol. The zero-order valence-corrected chi connectivity index (χ0v) is 23.5. The summed E-state index contributed by atoms with van der Waals surface area (Å²) in [6.45, 7) is 10.6. The second-order valence-corrected chi connectivity index (χ2v) is 29.4. The highest BCUT2D eigenvalue weighted by Crippen LogP contribution is 2.28. The quantitative estimate of drug-likeness (QED) is 0.290. The smallest absolute Gasteiger partial charge is 0.0707 e. The Morgan fingerprint density at radius 2 is 0.697 bits per heavy atom. The van der Waals surface area contributed by atoms with Crippen molar-refractivity contribution < 1.29 is 0 Å². The lowest BCUT2D eigenvalue weighted by atomic mass is 10.4. The predicted molar refractivity (Wildman–Crippen MR) is 155 cm³/mol. The van der Waals surface area contributed by atoms with Gasteiger partial charge in [0.25, 0.3) is 0 Å². The maximum Gasteiger partial charge on any atom is 0.114 e. The van der Waals surface area contributed by atoms with Crippen molar-refractivity contribution >= 4 is 44.0 Å². The van der Waals surface area contributed by atoms with Crippen LogP contribution in [0, 0.1) is 0 Å². The second-order valence-electron chi connectivity index (χ2n) is 10.3. The highest BCUT2D eigenvalue weighted by Gasteiger charge is 2.48. The molecule has 0 N–H and O–H groups in total. The van der Waals surface area contributed by atoms with Crippen LogP contribution in [-0.2, 0) is 0 Å². The van der Waals surface area contributed by atoms with Crippen LogP contribution in [0.1, 0.15) is 0 Å². The molecule has 0 aliphatic carbocycles. The molecule has 0 heterocycles. The average Bonchev–Trinajstić information content (AvgIpc) is 2.89. The molecular formula is C30H36Si3. The summed E-state index contributed by atoms with van der Waals surface area (Å²) in [6.07, 6.45) is 0. The fraction of sp³-hybridized carbons (Fsp3) is 0.200. The van der Waals surface area contributed by atoms with Crippen molar-refractivity contribution in [2.24, 2.45) is 0 Å². The van der Waals surface area contributed by atoms with E-state index in [4.69, 9.17) is 0 Å². The lowest BCUT2D eigenvalue weighted by molar-refractivity contribution is 1.31. The minimum Gasteiger partial charge on any atom is -0.0707 e. The molecule has 0 bridgehead atoms. The van der Waals surface area contributed by atoms with Gasteiger partial charge in [-0.25, -0.2) is 0 Å². The van der Waals surface area contributed by atoms with Gasteiger partial charge in [0.15, 0.2) is 0 Å². The van der Waals surface area contributed by atoms with E-state index in [9.17, 15) is 0 Å². The highest BCUT2D eigenvalue weighted by molar-refractivity contribution is 7.51. The SMILES string of the molecule is C[Si](CC[Si](C)(C)[Si](C)(c1ccccc1)c1ccccc1)(c1ccccc1)c1ccccc1. The number of rotatable bonds is 8. The monoisotopic (exact) mass is 480 g/mol. The molecule has 0 nitrogen and oxygen atoms in total. The van der Waals surface area contributed by atoms with E-state index in [1.165, 1.54) is 12.1 Å². The molecule has 0 saturated carbocycles. The maximum absolute atomic E-state index is 2.67. The van der Waals surface area contributed by atoms with Gasteiger partial charge >= 0.3 is 0 Å². The van der Waals surface area contributed by atoms with Gasteiger partial charge in [0, 0.05) is 0 Å². The predicted octanol–water partition coefficient (Wildman–Crippen LogP) is 5.56. The van der Waals surface area contributed by atoms with Crippen molar-refractivity contribution in [3.05, 3.63) is 121 Å². The van der Waals surface area contributed by atoms with Gasteiger partial charge in [-0.2, -0.15) is 0 Å². The third-order valence-electron chi connectivity index (χ3n) is 8.13. The van der Waals surface area contributed by atoms with E-state index in [2.05, 4.69) is 148 Å². The first kappa shape index (κ1) is 23.7. The summed E-state index contributed by atoms with van der Waals surface area (Å²) in [4.78, 5) is 0. The van der Waals surface area contributed by atoms with Crippen LogP contribution in [0.15, 0.2) is 121 Å². The first-order valence-corrected chi connectivity index (χ1v) is 21.5. The van der Waals surface area contributed by atoms with E-state index in [1.807, 2.05) is 0 Å². The Kier molecular flexibility index (Phi) is 7.03. The second kappa shape index (κ2) is 9.80. The third-order valence-corrected chi connectivity index (χ3v) is 30.9. The Balaban J connectivity index is 1.75. The topological polar surface area (TPSA) is 0 Å². The van der Waals surface area contributed by atoms with E-state index >= 15 is 0 Å². The molecule has 0 aliphatic heterocycles. The highest BCUT2D eigenvalue weighted by atomic mass is 29.3. The van der Waals surface area contributed by atoms with Gasteiger partial charge in [0.2, 0.25) is 0 Å². The molecule has 0 spiro atoms. The zero-order chi connectivity index (χ0) is 23.4. The maximum atomic E-state index is 2.67. The van der Waals surface area contributed by atoms with Crippen LogP contribution < -0.4 is 20.7 Å². The molecule has 0 unspecified atom stereocenters. The molecule has 0 aliphatic rings. The van der Waals surface area contributed by atoms with Gasteiger partial charge in [-0.3, -0.25) is 0 Å². The summed E-state index contributed by atoms with van der Waals surface area (Å²) >= 11 is 0. The first-order chi connectivity index (χ1) is 15.9. The lowest BCUT2D eigenvalue weighted by Crippen LogP contribution is -2.72. The Hall–Kier alpha value is -2.47. The number of hydrogen-bond acceptors (Lipinski definition) is 0. The van der Waals surface area contributed by atoms with Gasteiger partial charge in [-0.1, -0.05) is 180 Å². The van der Waals surface area contributed by atoms with Crippen molar-refractivity contribution in [1.82, 2.24) is 0 Å². The molecule has 0 saturated heterocycles. The van der Waals surface area contributed by atoms with E-state index in [-0.39, 0.29) is 0 Å². The van der Waals surface area contributed by atoms with E-state index in [0.29, 0.717) is 0 Å². The molecule has 4 rings (SSSR count). The minimum atomic E-state index is -1.87. The summed E-state index contributed by atoms with van der Waals surface area (Å²) in [7, 11) is -5.35. The van der Waals surface area contributed by atoms with Crippen molar-refractivity contribution in [2.75, 3.05) is 0 Å². The zero-order valence-electron chi connectivity index (χ0n) is 20.5. The van der Waals surface area contributed by atoms with E-state index < -0.39 is 23.3 Å². The Labute approximate surface area is 203 Å². The molecule has 0 radical (unpaired) electrons. The molecule has 3 heteroatoms. The molecule has 4 aromatic carbocycles. The average molecular weight is 481 g/mol. The summed E-state index contributed by atoms with van der Waals surface area (Å²) in [6, 6.07) is 48.2. The van der Waals surface area contributed by atoms with Gasteiger partial charge in [0.05, 0.1) is 7.59 Å². The van der Waals surface area contributed by atoms with Gasteiger partial charge in [0.1, 0.15) is 15.7 Å². The van der Waals surface area contributed by atoms with Crippen LogP contribution in [0.5, 0.6) is 0 Å². The molecule has 168 valence electrons. The summed E-state index contributed by atoms with van der Waals surface area (Å²) in [5, 5.41) is 6.30. The van der Waals surface area contributed by atoms with E-state index in [1.54, 1.807) is 20.7 Å². The van der Waals surface area contributed by atoms with Gasteiger partial charge in [-0.05, 0) is 0 Å². The third kappa shape index (κ3) is 4.63. The number of benzene rings is 4. The molecule has 0 atom stereocenters. The lowest BCUT2D eigenvalue weighted by Gasteiger charge is -2.44. The largest absolute Gasteiger partial charge is 0.114 e. The Morgan fingerprint density at radius 3 is 1.03 bits per heavy atom. The Morgan fingerprint density at radius 1 is 0.394 bits per heavy atom. The van der Waals surface area contributed by atoms with E-state index in [0.717, 1.165) is 0 Å². The number of hydrogen-bond donors (Lipinski definition) is 0. The summed E-state index contributed by atoms with van der Waals surface area (Å²) in [5.74, 6) is 0. The first-order valence-electron chi connectivity index (χ1n) is 12.1. The van der Waals surface area contributed by atoms with Crippen LogP contribution in [0.3, 0.4) is 0 Å². The van der Waals surface area contributed by atoms with Gasteiger partial charge < -0.3 is 0 Å². The normalized spacial score (nSPS) is 12.5. The fourth-order valence-electron chi connectivity index (χ4n) is 5.37. The molecule has 0 amide bonds. The van der Waals surface area contributed by atoms with Crippen LogP contribution >= 0.6 is 0 Å². The van der Waals surface area contributed by atoms with Crippen LogP contribution in [0.2, 0.25) is 38.3 Å². The summed E-state index contributed by atoms with van der Waals surface area (Å²) in [5.41, 5.74) is 0. The van der Waals surface area contributed by atoms with Crippen LogP contribution in [0.25, 0.3) is 0 Å². The van der Waals surface area contributed by atoms with Crippen LogP contribution in [0.4, 0.5) is 0 Å². The fourth-order valence-corrected chi connectivity index (χ4v) is 25.1. The molecule has 0 fully saturated rings. The van der Waals surface area contributed by atoms with Crippen LogP contribution in [-0.4, -0.2) is 23.3 Å². The summed E-state index contributed by atoms with van der Waals surface area (Å²) < 4.78 is 0. The van der Waals surface area contributed by atoms with Crippen molar-refractivity contribution in [1.29, 1.82) is 0 Å². The van der Waals surface area contributed by atoms with Gasteiger partial charge in [-0.15, -0.1) is 0 Å².